The van der Waals surface area contributed by atoms with Gasteiger partial charge in [-0.1, -0.05) is 35.8 Å². The minimum absolute atomic E-state index is 0. The quantitative estimate of drug-likeness (QED) is 0.385. The smallest absolute Gasteiger partial charge is 0.246 e. The predicted octanol–water partition coefficient (Wildman–Crippen LogP) is 3.91. The van der Waals surface area contributed by atoms with Gasteiger partial charge in [-0.25, -0.2) is 0 Å². The molecule has 142 valence electrons. The Morgan fingerprint density at radius 3 is 3.08 bits per heavy atom. The molecule has 0 bridgehead atoms. The summed E-state index contributed by atoms with van der Waals surface area (Å²) in [7, 11) is 1.80. The first kappa shape index (κ1) is 21.3. The molecule has 6 nitrogen and oxygen atoms in total. The molecule has 0 spiro atoms. The van der Waals surface area contributed by atoms with Crippen molar-refractivity contribution in [2.24, 2.45) is 4.99 Å². The summed E-state index contributed by atoms with van der Waals surface area (Å²) in [5.74, 6) is 3.06. The molecule has 0 amide bonds. The van der Waals surface area contributed by atoms with Crippen LogP contribution in [0, 0.1) is 0 Å². The predicted molar refractivity (Wildman–Crippen MR) is 118 cm³/mol. The molecule has 1 saturated heterocycles. The van der Waals surface area contributed by atoms with E-state index in [2.05, 4.69) is 32.3 Å². The van der Waals surface area contributed by atoms with Gasteiger partial charge in [-0.15, -0.1) is 24.0 Å². The molecule has 0 saturated carbocycles. The molecule has 1 aromatic heterocycles. The largest absolute Gasteiger partial charge is 0.347 e. The molecule has 2 aromatic rings. The first-order valence-electron chi connectivity index (χ1n) is 8.35. The van der Waals surface area contributed by atoms with Gasteiger partial charge in [0, 0.05) is 41.7 Å². The van der Waals surface area contributed by atoms with Gasteiger partial charge in [-0.05, 0) is 18.6 Å². The minimum Gasteiger partial charge on any atom is -0.347 e. The monoisotopic (exact) mass is 507 g/mol. The maximum atomic E-state index is 6.01. The second-order valence-corrected chi connectivity index (χ2v) is 7.61. The zero-order valence-corrected chi connectivity index (χ0v) is 18.7. The molecule has 9 heteroatoms. The fourth-order valence-corrected chi connectivity index (χ4v) is 4.09. The molecule has 26 heavy (non-hydrogen) atoms. The molecule has 1 fully saturated rings. The van der Waals surface area contributed by atoms with Crippen molar-refractivity contribution in [1.29, 1.82) is 0 Å². The number of rotatable bonds is 4. The number of halogens is 2. The normalized spacial score (nSPS) is 17.7. The summed E-state index contributed by atoms with van der Waals surface area (Å²) in [4.78, 5) is 11.1. The molecular formula is C17H23ClIN5OS. The Bertz CT molecular complexity index is 741. The van der Waals surface area contributed by atoms with Gasteiger partial charge in [-0.3, -0.25) is 4.99 Å². The SMILES string of the molecule is CCC1CN(C(=NC)NCc2nc(-c3cccc(Cl)c3)no2)CCS1.I. The second kappa shape index (κ2) is 10.4. The maximum Gasteiger partial charge on any atom is 0.246 e. The number of guanidine groups is 1. The Morgan fingerprint density at radius 1 is 1.50 bits per heavy atom. The molecule has 1 unspecified atom stereocenters. The van der Waals surface area contributed by atoms with Gasteiger partial charge in [-0.2, -0.15) is 16.7 Å². The van der Waals surface area contributed by atoms with Crippen molar-refractivity contribution in [2.45, 2.75) is 25.1 Å². The molecule has 1 N–H and O–H groups in total. The number of nitrogens with zero attached hydrogens (tertiary/aromatic N) is 4. The van der Waals surface area contributed by atoms with E-state index in [-0.39, 0.29) is 24.0 Å². The summed E-state index contributed by atoms with van der Waals surface area (Å²) >= 11 is 8.05. The van der Waals surface area contributed by atoms with E-state index in [1.165, 1.54) is 6.42 Å². The lowest BCUT2D eigenvalue weighted by Gasteiger charge is -2.34. The highest BCUT2D eigenvalue weighted by atomic mass is 127. The van der Waals surface area contributed by atoms with Crippen LogP contribution in [-0.2, 0) is 6.54 Å². The molecule has 0 aliphatic carbocycles. The Hall–Kier alpha value is -1.000. The van der Waals surface area contributed by atoms with Gasteiger partial charge in [0.05, 0.1) is 6.54 Å². The molecule has 1 aliphatic rings. The van der Waals surface area contributed by atoms with Crippen LogP contribution in [0.1, 0.15) is 19.2 Å². The van der Waals surface area contributed by atoms with Crippen LogP contribution < -0.4 is 5.32 Å². The highest BCUT2D eigenvalue weighted by molar-refractivity contribution is 14.0. The highest BCUT2D eigenvalue weighted by Crippen LogP contribution is 2.21. The van der Waals surface area contributed by atoms with Crippen LogP contribution in [0.2, 0.25) is 5.02 Å². The van der Waals surface area contributed by atoms with Crippen molar-refractivity contribution < 1.29 is 4.52 Å². The molecule has 1 atom stereocenters. The molecule has 1 aliphatic heterocycles. The summed E-state index contributed by atoms with van der Waals surface area (Å²) in [6, 6.07) is 7.41. The Morgan fingerprint density at radius 2 is 2.35 bits per heavy atom. The number of aliphatic imine (C=N–C) groups is 1. The van der Waals surface area contributed by atoms with Crippen LogP contribution in [0.5, 0.6) is 0 Å². The number of nitrogens with one attached hydrogen (secondary N) is 1. The third-order valence-corrected chi connectivity index (χ3v) is 5.66. The number of hydrogen-bond donors (Lipinski definition) is 1. The first-order chi connectivity index (χ1) is 12.2. The summed E-state index contributed by atoms with van der Waals surface area (Å²) < 4.78 is 5.34. The Balaban J connectivity index is 0.00000243. The third kappa shape index (κ3) is 5.50. The highest BCUT2D eigenvalue weighted by Gasteiger charge is 2.21. The minimum atomic E-state index is 0. The average Bonchev–Trinajstić information content (AvgIpc) is 3.11. The topological polar surface area (TPSA) is 66.5 Å². The van der Waals surface area contributed by atoms with E-state index in [1.807, 2.05) is 36.0 Å². The van der Waals surface area contributed by atoms with E-state index >= 15 is 0 Å². The second-order valence-electron chi connectivity index (χ2n) is 5.77. The average molecular weight is 508 g/mol. The van der Waals surface area contributed by atoms with Gasteiger partial charge in [0.1, 0.15) is 0 Å². The van der Waals surface area contributed by atoms with Gasteiger partial charge in [0.25, 0.3) is 0 Å². The van der Waals surface area contributed by atoms with Crippen LogP contribution in [0.25, 0.3) is 11.4 Å². The van der Waals surface area contributed by atoms with Crippen LogP contribution in [-0.4, -0.2) is 52.1 Å². The lowest BCUT2D eigenvalue weighted by atomic mass is 10.2. The number of aromatic nitrogens is 2. The Labute approximate surface area is 180 Å². The first-order valence-corrected chi connectivity index (χ1v) is 9.78. The summed E-state index contributed by atoms with van der Waals surface area (Å²) in [6.07, 6.45) is 1.17. The van der Waals surface area contributed by atoms with Crippen molar-refractivity contribution >= 4 is 53.3 Å². The van der Waals surface area contributed by atoms with Crippen LogP contribution in [0.3, 0.4) is 0 Å². The summed E-state index contributed by atoms with van der Waals surface area (Å²) in [5, 5.41) is 8.65. The van der Waals surface area contributed by atoms with E-state index in [9.17, 15) is 0 Å². The van der Waals surface area contributed by atoms with Gasteiger partial charge >= 0.3 is 0 Å². The van der Waals surface area contributed by atoms with Crippen molar-refractivity contribution in [3.63, 3.8) is 0 Å². The molecule has 2 heterocycles. The van der Waals surface area contributed by atoms with Gasteiger partial charge in [0.2, 0.25) is 11.7 Å². The van der Waals surface area contributed by atoms with Crippen molar-refractivity contribution in [2.75, 3.05) is 25.9 Å². The van der Waals surface area contributed by atoms with E-state index in [1.54, 1.807) is 7.05 Å². The number of hydrogen-bond acceptors (Lipinski definition) is 5. The number of benzene rings is 1. The van der Waals surface area contributed by atoms with Gasteiger partial charge in [0.15, 0.2) is 5.96 Å². The van der Waals surface area contributed by atoms with E-state index < -0.39 is 0 Å². The summed E-state index contributed by atoms with van der Waals surface area (Å²) in [6.45, 7) is 4.69. The molecule has 1 aromatic carbocycles. The van der Waals surface area contributed by atoms with Crippen molar-refractivity contribution in [3.8, 4) is 11.4 Å². The zero-order chi connectivity index (χ0) is 17.6. The summed E-state index contributed by atoms with van der Waals surface area (Å²) in [5.41, 5.74) is 0.839. The fraction of sp³-hybridized carbons (Fsp3) is 0.471. The van der Waals surface area contributed by atoms with Crippen LogP contribution in [0.4, 0.5) is 0 Å². The van der Waals surface area contributed by atoms with Crippen LogP contribution >= 0.6 is 47.3 Å². The van der Waals surface area contributed by atoms with Crippen LogP contribution in [0.15, 0.2) is 33.8 Å². The molecular weight excluding hydrogens is 485 g/mol. The number of thioether (sulfide) groups is 1. The fourth-order valence-electron chi connectivity index (χ4n) is 2.72. The van der Waals surface area contributed by atoms with Crippen molar-refractivity contribution in [3.05, 3.63) is 35.2 Å². The molecule has 3 rings (SSSR count). The Kier molecular flexibility index (Phi) is 8.49. The van der Waals surface area contributed by atoms with E-state index in [0.717, 1.165) is 30.4 Å². The zero-order valence-electron chi connectivity index (χ0n) is 14.8. The lowest BCUT2D eigenvalue weighted by Crippen LogP contribution is -2.47. The lowest BCUT2D eigenvalue weighted by molar-refractivity contribution is 0.366. The van der Waals surface area contributed by atoms with E-state index in [4.69, 9.17) is 16.1 Å². The van der Waals surface area contributed by atoms with Gasteiger partial charge < -0.3 is 14.7 Å². The third-order valence-electron chi connectivity index (χ3n) is 4.05. The van der Waals surface area contributed by atoms with Crippen molar-refractivity contribution in [1.82, 2.24) is 20.4 Å². The standard InChI is InChI=1S/C17H22ClN5OS.HI/c1-3-14-11-23(7-8-25-14)17(19-2)20-10-15-21-16(22-24-15)12-5-4-6-13(18)9-12;/h4-6,9,14H,3,7-8,10-11H2,1-2H3,(H,19,20);1H. The molecule has 0 radical (unpaired) electrons. The van der Waals surface area contributed by atoms with E-state index in [0.29, 0.717) is 28.5 Å². The maximum absolute atomic E-state index is 6.01.